The Kier molecular flexibility index (Phi) is 2.87. The van der Waals surface area contributed by atoms with E-state index in [1.165, 1.54) is 6.42 Å². The largest absolute Gasteiger partial charge is 0.390 e. The summed E-state index contributed by atoms with van der Waals surface area (Å²) < 4.78 is 0. The lowest BCUT2D eigenvalue weighted by molar-refractivity contribution is -0.179. The molecule has 4 saturated carbocycles. The first-order valence-electron chi connectivity index (χ1n) is 8.29. The molecule has 116 valence electrons. The van der Waals surface area contributed by atoms with E-state index in [0.29, 0.717) is 24.8 Å². The Morgan fingerprint density at radius 1 is 1.24 bits per heavy atom. The van der Waals surface area contributed by atoms with Gasteiger partial charge in [-0.15, -0.1) is 0 Å². The van der Waals surface area contributed by atoms with E-state index in [2.05, 4.69) is 10.6 Å². The molecule has 0 aromatic rings. The van der Waals surface area contributed by atoms with Gasteiger partial charge in [-0.25, -0.2) is 0 Å². The fourth-order valence-electron chi connectivity index (χ4n) is 5.70. The van der Waals surface area contributed by atoms with Gasteiger partial charge in [-0.1, -0.05) is 0 Å². The molecule has 5 nitrogen and oxygen atoms in total. The quantitative estimate of drug-likeness (QED) is 0.701. The van der Waals surface area contributed by atoms with Crippen LogP contribution in [0, 0.1) is 17.3 Å². The molecule has 0 aromatic heterocycles. The number of aliphatic hydroxyl groups is 1. The molecule has 3 atom stereocenters. The van der Waals surface area contributed by atoms with Gasteiger partial charge in [-0.3, -0.25) is 9.59 Å². The zero-order valence-electron chi connectivity index (χ0n) is 12.4. The van der Waals surface area contributed by atoms with Gasteiger partial charge >= 0.3 is 0 Å². The summed E-state index contributed by atoms with van der Waals surface area (Å²) in [6.45, 7) is 0.709. The van der Waals surface area contributed by atoms with E-state index in [1.54, 1.807) is 0 Å². The Balaban J connectivity index is 1.52. The van der Waals surface area contributed by atoms with Crippen molar-refractivity contribution in [3.8, 4) is 0 Å². The van der Waals surface area contributed by atoms with Crippen molar-refractivity contribution in [2.45, 2.75) is 63.0 Å². The van der Waals surface area contributed by atoms with Crippen LogP contribution in [0.3, 0.4) is 0 Å². The normalized spacial score (nSPS) is 48.0. The maximum absolute atomic E-state index is 12.9. The van der Waals surface area contributed by atoms with Gasteiger partial charge in [-0.05, 0) is 63.2 Å². The van der Waals surface area contributed by atoms with Crippen molar-refractivity contribution in [1.29, 1.82) is 0 Å². The second kappa shape index (κ2) is 4.45. The van der Waals surface area contributed by atoms with E-state index in [0.717, 1.165) is 38.5 Å². The summed E-state index contributed by atoms with van der Waals surface area (Å²) >= 11 is 0. The fraction of sp³-hybridized carbons (Fsp3) is 0.875. The molecule has 0 radical (unpaired) electrons. The Morgan fingerprint density at radius 3 is 2.57 bits per heavy atom. The Hall–Kier alpha value is -1.10. The number of nitrogens with one attached hydrogen (secondary N) is 2. The highest BCUT2D eigenvalue weighted by atomic mass is 16.3. The molecule has 1 aliphatic heterocycles. The van der Waals surface area contributed by atoms with Crippen LogP contribution < -0.4 is 10.6 Å². The topological polar surface area (TPSA) is 78.4 Å². The summed E-state index contributed by atoms with van der Waals surface area (Å²) in [6.07, 6.45) is 6.92. The second-order valence-electron chi connectivity index (χ2n) is 7.93. The summed E-state index contributed by atoms with van der Waals surface area (Å²) in [5, 5.41) is 16.5. The smallest absolute Gasteiger partial charge is 0.242 e. The molecule has 1 heterocycles. The zero-order valence-corrected chi connectivity index (χ0v) is 12.4. The highest BCUT2D eigenvalue weighted by molar-refractivity contribution is 5.90. The van der Waals surface area contributed by atoms with Crippen LogP contribution >= 0.6 is 0 Å². The molecule has 3 N–H and O–H groups in total. The third-order valence-electron chi connectivity index (χ3n) is 6.10. The molecule has 0 aromatic carbocycles. The first-order valence-corrected chi connectivity index (χ1v) is 8.29. The third kappa shape index (κ3) is 2.17. The molecule has 5 rings (SSSR count). The molecule has 1 saturated heterocycles. The molecule has 21 heavy (non-hydrogen) atoms. The maximum Gasteiger partial charge on any atom is 0.242 e. The molecule has 2 unspecified atom stereocenters. The highest BCUT2D eigenvalue weighted by Crippen LogP contribution is 2.61. The van der Waals surface area contributed by atoms with Crippen molar-refractivity contribution in [1.82, 2.24) is 10.6 Å². The summed E-state index contributed by atoms with van der Waals surface area (Å²) in [4.78, 5) is 24.7. The molecular weight excluding hydrogens is 268 g/mol. The van der Waals surface area contributed by atoms with Crippen LogP contribution in [-0.2, 0) is 9.59 Å². The average Bonchev–Trinajstić information content (AvgIpc) is 2.38. The van der Waals surface area contributed by atoms with Crippen molar-refractivity contribution in [3.63, 3.8) is 0 Å². The van der Waals surface area contributed by atoms with Crippen molar-refractivity contribution in [3.05, 3.63) is 0 Å². The average molecular weight is 292 g/mol. The lowest BCUT2D eigenvalue weighted by Crippen LogP contribution is -2.62. The second-order valence-corrected chi connectivity index (χ2v) is 7.93. The minimum absolute atomic E-state index is 0.0112. The van der Waals surface area contributed by atoms with Crippen LogP contribution in [0.4, 0.5) is 0 Å². The monoisotopic (exact) mass is 292 g/mol. The van der Waals surface area contributed by atoms with Crippen molar-refractivity contribution >= 4 is 11.8 Å². The van der Waals surface area contributed by atoms with Gasteiger partial charge in [0.05, 0.1) is 11.0 Å². The van der Waals surface area contributed by atoms with Crippen LogP contribution in [0.15, 0.2) is 0 Å². The van der Waals surface area contributed by atoms with Gasteiger partial charge in [0.1, 0.15) is 6.04 Å². The van der Waals surface area contributed by atoms with Gasteiger partial charge in [0, 0.05) is 6.54 Å². The van der Waals surface area contributed by atoms with E-state index >= 15 is 0 Å². The van der Waals surface area contributed by atoms with Crippen molar-refractivity contribution in [2.24, 2.45) is 17.3 Å². The van der Waals surface area contributed by atoms with Gasteiger partial charge in [0.15, 0.2) is 0 Å². The summed E-state index contributed by atoms with van der Waals surface area (Å²) in [7, 11) is 0. The Morgan fingerprint density at radius 2 is 1.95 bits per heavy atom. The van der Waals surface area contributed by atoms with E-state index in [1.807, 2.05) is 0 Å². The molecule has 5 fully saturated rings. The van der Waals surface area contributed by atoms with E-state index in [9.17, 15) is 14.7 Å². The summed E-state index contributed by atoms with van der Waals surface area (Å²) in [6, 6.07) is -0.381. The molecule has 5 aliphatic rings. The van der Waals surface area contributed by atoms with Crippen LogP contribution in [0.5, 0.6) is 0 Å². The van der Waals surface area contributed by atoms with Crippen LogP contribution in [0.25, 0.3) is 0 Å². The first kappa shape index (κ1) is 13.6. The fourth-order valence-corrected chi connectivity index (χ4v) is 5.70. The summed E-state index contributed by atoms with van der Waals surface area (Å²) in [5.74, 6) is 0.930. The molecule has 2 amide bonds. The Bertz CT molecular complexity index is 476. The van der Waals surface area contributed by atoms with Gasteiger partial charge in [-0.2, -0.15) is 0 Å². The lowest BCUT2D eigenvalue weighted by Gasteiger charge is -2.59. The minimum atomic E-state index is -0.629. The number of piperidine rings is 1. The highest BCUT2D eigenvalue weighted by Gasteiger charge is 2.60. The molecule has 0 spiro atoms. The predicted octanol–water partition coefficient (Wildman–Crippen LogP) is 0.712. The summed E-state index contributed by atoms with van der Waals surface area (Å²) in [5.41, 5.74) is -1.05. The predicted molar refractivity (Wildman–Crippen MR) is 76.2 cm³/mol. The maximum atomic E-state index is 12.9. The van der Waals surface area contributed by atoms with Gasteiger partial charge in [0.2, 0.25) is 11.8 Å². The number of amides is 2. The van der Waals surface area contributed by atoms with E-state index < -0.39 is 11.0 Å². The minimum Gasteiger partial charge on any atom is -0.390 e. The zero-order chi connectivity index (χ0) is 14.7. The van der Waals surface area contributed by atoms with Crippen molar-refractivity contribution in [2.75, 3.05) is 6.54 Å². The number of carbonyl (C=O) groups is 2. The SMILES string of the molecule is O=C1NCCC[C@H]1NC(=O)C12CC3CC(CC(O)(C3)C1)C2. The third-order valence-corrected chi connectivity index (χ3v) is 6.10. The standard InChI is InChI=1S/C16H24N2O3/c19-13-12(2-1-3-17-13)18-14(20)15-5-10-4-11(6-15)8-16(21,7-10)9-15/h10-12,21H,1-9H2,(H,17,19)(H,18,20)/t10?,11?,12-,15?,16?/m1/s1. The van der Waals surface area contributed by atoms with Crippen LogP contribution in [0.2, 0.25) is 0 Å². The molecule has 4 aliphatic carbocycles. The van der Waals surface area contributed by atoms with Gasteiger partial charge < -0.3 is 15.7 Å². The van der Waals surface area contributed by atoms with Crippen LogP contribution in [0.1, 0.15) is 51.4 Å². The van der Waals surface area contributed by atoms with E-state index in [-0.39, 0.29) is 17.9 Å². The van der Waals surface area contributed by atoms with Crippen LogP contribution in [-0.4, -0.2) is 35.1 Å². The molecule has 4 bridgehead atoms. The van der Waals surface area contributed by atoms with E-state index in [4.69, 9.17) is 0 Å². The number of hydrogen-bond donors (Lipinski definition) is 3. The van der Waals surface area contributed by atoms with Gasteiger partial charge in [0.25, 0.3) is 0 Å². The first-order chi connectivity index (χ1) is 9.98. The van der Waals surface area contributed by atoms with Crippen molar-refractivity contribution < 1.29 is 14.7 Å². The Labute approximate surface area is 124 Å². The molecular formula is C16H24N2O3. The lowest BCUT2D eigenvalue weighted by atomic mass is 9.47. The molecule has 5 heteroatoms. The number of rotatable bonds is 2. The number of carbonyl (C=O) groups excluding carboxylic acids is 2. The number of hydrogen-bond acceptors (Lipinski definition) is 3.